The van der Waals surface area contributed by atoms with Gasteiger partial charge in [-0.3, -0.25) is 0 Å². The first-order chi connectivity index (χ1) is 8.19. The van der Waals surface area contributed by atoms with Crippen molar-refractivity contribution >= 4 is 0 Å². The summed E-state index contributed by atoms with van der Waals surface area (Å²) in [6.07, 6.45) is 5.15. The van der Waals surface area contributed by atoms with Gasteiger partial charge in [-0.05, 0) is 48.8 Å². The van der Waals surface area contributed by atoms with Crippen LogP contribution in [-0.4, -0.2) is 11.2 Å². The lowest BCUT2D eigenvalue weighted by atomic mass is 9.93. The van der Waals surface area contributed by atoms with Crippen molar-refractivity contribution in [2.45, 2.75) is 45.1 Å². The molecular formula is C15H21FO. The SMILES string of the molecule is CCC1CCC(C(O)Cc2ccc(F)cc2)C1. The van der Waals surface area contributed by atoms with E-state index in [0.717, 1.165) is 24.3 Å². The maximum Gasteiger partial charge on any atom is 0.123 e. The first-order valence-electron chi connectivity index (χ1n) is 6.61. The van der Waals surface area contributed by atoms with Crippen molar-refractivity contribution in [2.75, 3.05) is 0 Å². The van der Waals surface area contributed by atoms with Crippen LogP contribution in [0.4, 0.5) is 4.39 Å². The Hall–Kier alpha value is -0.890. The Morgan fingerprint density at radius 1 is 1.29 bits per heavy atom. The molecule has 17 heavy (non-hydrogen) atoms. The van der Waals surface area contributed by atoms with Crippen LogP contribution in [0.15, 0.2) is 24.3 Å². The summed E-state index contributed by atoms with van der Waals surface area (Å²) in [5.74, 6) is 1.02. The van der Waals surface area contributed by atoms with Gasteiger partial charge in [-0.2, -0.15) is 0 Å². The summed E-state index contributed by atoms with van der Waals surface area (Å²) in [5.41, 5.74) is 1.03. The molecule has 1 nitrogen and oxygen atoms in total. The number of aliphatic hydroxyl groups is 1. The number of halogens is 1. The molecule has 3 atom stereocenters. The van der Waals surface area contributed by atoms with Crippen molar-refractivity contribution in [3.8, 4) is 0 Å². The third kappa shape index (κ3) is 3.29. The van der Waals surface area contributed by atoms with E-state index >= 15 is 0 Å². The predicted molar refractivity (Wildman–Crippen MR) is 67.2 cm³/mol. The summed E-state index contributed by atoms with van der Waals surface area (Å²) in [6.45, 7) is 2.22. The van der Waals surface area contributed by atoms with Crippen LogP contribution in [0, 0.1) is 17.7 Å². The van der Waals surface area contributed by atoms with Crippen LogP contribution in [0.25, 0.3) is 0 Å². The van der Waals surface area contributed by atoms with E-state index in [0.29, 0.717) is 12.3 Å². The van der Waals surface area contributed by atoms with Crippen LogP contribution in [0.5, 0.6) is 0 Å². The van der Waals surface area contributed by atoms with E-state index in [-0.39, 0.29) is 11.9 Å². The van der Waals surface area contributed by atoms with Crippen LogP contribution in [0.3, 0.4) is 0 Å². The first-order valence-corrected chi connectivity index (χ1v) is 6.61. The summed E-state index contributed by atoms with van der Waals surface area (Å²) in [7, 11) is 0. The van der Waals surface area contributed by atoms with Gasteiger partial charge < -0.3 is 5.11 Å². The smallest absolute Gasteiger partial charge is 0.123 e. The second-order valence-electron chi connectivity index (χ2n) is 5.25. The van der Waals surface area contributed by atoms with Gasteiger partial charge in [-0.25, -0.2) is 4.39 Å². The van der Waals surface area contributed by atoms with Gasteiger partial charge in [0.25, 0.3) is 0 Å². The van der Waals surface area contributed by atoms with Crippen LogP contribution in [0.2, 0.25) is 0 Å². The van der Waals surface area contributed by atoms with E-state index in [1.807, 2.05) is 0 Å². The largest absolute Gasteiger partial charge is 0.392 e. The minimum absolute atomic E-state index is 0.213. The average Bonchev–Trinajstić information content (AvgIpc) is 2.81. The zero-order chi connectivity index (χ0) is 12.3. The number of aliphatic hydroxyl groups excluding tert-OH is 1. The van der Waals surface area contributed by atoms with Gasteiger partial charge in [0, 0.05) is 0 Å². The summed E-state index contributed by atoms with van der Waals surface area (Å²) < 4.78 is 12.8. The normalized spacial score (nSPS) is 26.1. The Bertz CT molecular complexity index is 346. The Kier molecular flexibility index (Phi) is 4.16. The molecule has 0 amide bonds. The van der Waals surface area contributed by atoms with Gasteiger partial charge in [0.1, 0.15) is 5.82 Å². The van der Waals surface area contributed by atoms with Gasteiger partial charge in [-0.1, -0.05) is 31.9 Å². The van der Waals surface area contributed by atoms with E-state index in [4.69, 9.17) is 0 Å². The molecule has 1 fully saturated rings. The molecule has 3 unspecified atom stereocenters. The van der Waals surface area contributed by atoms with E-state index < -0.39 is 0 Å². The molecule has 0 aromatic heterocycles. The lowest BCUT2D eigenvalue weighted by molar-refractivity contribution is 0.108. The van der Waals surface area contributed by atoms with Crippen LogP contribution in [-0.2, 0) is 6.42 Å². The molecule has 0 aliphatic heterocycles. The summed E-state index contributed by atoms with van der Waals surface area (Å²) in [6, 6.07) is 6.46. The van der Waals surface area contributed by atoms with Crippen molar-refractivity contribution in [1.29, 1.82) is 0 Å². The minimum atomic E-state index is -0.267. The molecular weight excluding hydrogens is 215 g/mol. The maximum atomic E-state index is 12.8. The fourth-order valence-electron chi connectivity index (χ4n) is 2.86. The van der Waals surface area contributed by atoms with E-state index in [2.05, 4.69) is 6.92 Å². The molecule has 2 heteroatoms. The summed E-state index contributed by atoms with van der Waals surface area (Å²) >= 11 is 0. The monoisotopic (exact) mass is 236 g/mol. The number of hydrogen-bond donors (Lipinski definition) is 1. The Balaban J connectivity index is 1.89. The molecule has 1 aliphatic carbocycles. The standard InChI is InChI=1S/C15H21FO/c1-2-11-3-6-13(9-11)15(17)10-12-4-7-14(16)8-5-12/h4-5,7-8,11,13,15,17H,2-3,6,9-10H2,1H3. The highest BCUT2D eigenvalue weighted by Crippen LogP contribution is 2.35. The van der Waals surface area contributed by atoms with E-state index in [1.165, 1.54) is 25.0 Å². The fourth-order valence-corrected chi connectivity index (χ4v) is 2.86. The van der Waals surface area contributed by atoms with Crippen LogP contribution < -0.4 is 0 Å². The predicted octanol–water partition coefficient (Wildman–Crippen LogP) is 3.56. The number of hydrogen-bond acceptors (Lipinski definition) is 1. The zero-order valence-electron chi connectivity index (χ0n) is 10.4. The molecule has 1 saturated carbocycles. The highest BCUT2D eigenvalue weighted by atomic mass is 19.1. The molecule has 0 radical (unpaired) electrons. The maximum absolute atomic E-state index is 12.8. The molecule has 1 aromatic rings. The lowest BCUT2D eigenvalue weighted by Gasteiger charge is -2.18. The van der Waals surface area contributed by atoms with Crippen LogP contribution >= 0.6 is 0 Å². The van der Waals surface area contributed by atoms with Crippen molar-refractivity contribution in [2.24, 2.45) is 11.8 Å². The molecule has 94 valence electrons. The number of rotatable bonds is 4. The summed E-state index contributed by atoms with van der Waals surface area (Å²) in [4.78, 5) is 0. The zero-order valence-corrected chi connectivity index (χ0v) is 10.4. The third-order valence-corrected chi connectivity index (χ3v) is 4.06. The number of benzene rings is 1. The highest BCUT2D eigenvalue weighted by Gasteiger charge is 2.28. The van der Waals surface area contributed by atoms with Gasteiger partial charge in [-0.15, -0.1) is 0 Å². The second-order valence-corrected chi connectivity index (χ2v) is 5.25. The molecule has 1 N–H and O–H groups in total. The van der Waals surface area contributed by atoms with Gasteiger partial charge in [0.2, 0.25) is 0 Å². The van der Waals surface area contributed by atoms with Crippen LogP contribution in [0.1, 0.15) is 38.2 Å². The minimum Gasteiger partial charge on any atom is -0.392 e. The lowest BCUT2D eigenvalue weighted by Crippen LogP contribution is -2.20. The molecule has 0 heterocycles. The molecule has 0 bridgehead atoms. The molecule has 1 aliphatic rings. The van der Waals surface area contributed by atoms with E-state index in [1.54, 1.807) is 12.1 Å². The Morgan fingerprint density at radius 2 is 2.00 bits per heavy atom. The van der Waals surface area contributed by atoms with Crippen molar-refractivity contribution < 1.29 is 9.50 Å². The van der Waals surface area contributed by atoms with Gasteiger partial charge in [0.15, 0.2) is 0 Å². The Morgan fingerprint density at radius 3 is 2.59 bits per heavy atom. The first kappa shape index (κ1) is 12.6. The highest BCUT2D eigenvalue weighted by molar-refractivity contribution is 5.17. The van der Waals surface area contributed by atoms with E-state index in [9.17, 15) is 9.50 Å². The topological polar surface area (TPSA) is 20.2 Å². The second kappa shape index (κ2) is 5.63. The summed E-state index contributed by atoms with van der Waals surface area (Å²) in [5, 5.41) is 10.2. The molecule has 0 spiro atoms. The van der Waals surface area contributed by atoms with Gasteiger partial charge in [0.05, 0.1) is 6.10 Å². The molecule has 1 aromatic carbocycles. The van der Waals surface area contributed by atoms with Crippen molar-refractivity contribution in [1.82, 2.24) is 0 Å². The third-order valence-electron chi connectivity index (χ3n) is 4.06. The molecule has 2 rings (SSSR count). The average molecular weight is 236 g/mol. The fraction of sp³-hybridized carbons (Fsp3) is 0.600. The van der Waals surface area contributed by atoms with Crippen molar-refractivity contribution in [3.05, 3.63) is 35.6 Å². The Labute approximate surface area is 103 Å². The van der Waals surface area contributed by atoms with Gasteiger partial charge >= 0.3 is 0 Å². The molecule has 0 saturated heterocycles. The van der Waals surface area contributed by atoms with Crippen molar-refractivity contribution in [3.63, 3.8) is 0 Å². The quantitative estimate of drug-likeness (QED) is 0.847.